The number of nitrogens with zero attached hydrogens (tertiary/aromatic N) is 2. The molecule has 0 amide bonds. The summed E-state index contributed by atoms with van der Waals surface area (Å²) in [5.74, 6) is 0.985. The number of benzene rings is 1. The van der Waals surface area contributed by atoms with Crippen molar-refractivity contribution >= 4 is 16.8 Å². The minimum atomic E-state index is -0.538. The predicted octanol–water partition coefficient (Wildman–Crippen LogP) is 1.55. The van der Waals surface area contributed by atoms with E-state index in [0.717, 1.165) is 5.56 Å². The average molecular weight is 381 g/mol. The van der Waals surface area contributed by atoms with Crippen LogP contribution in [0.2, 0.25) is 0 Å². The third kappa shape index (κ3) is 2.69. The van der Waals surface area contributed by atoms with E-state index in [1.165, 1.54) is 17.8 Å². The number of pyridine rings is 1. The van der Waals surface area contributed by atoms with Crippen molar-refractivity contribution in [3.8, 4) is 11.5 Å². The van der Waals surface area contributed by atoms with Crippen LogP contribution < -0.4 is 20.7 Å². The van der Waals surface area contributed by atoms with E-state index in [0.29, 0.717) is 35.5 Å². The molecule has 4 rings (SSSR count). The van der Waals surface area contributed by atoms with E-state index < -0.39 is 11.2 Å². The maximum Gasteiger partial charge on any atom is 0.329 e. The summed E-state index contributed by atoms with van der Waals surface area (Å²) >= 11 is 0. The first kappa shape index (κ1) is 18.0. The van der Waals surface area contributed by atoms with Crippen LogP contribution in [-0.4, -0.2) is 34.5 Å². The van der Waals surface area contributed by atoms with Crippen molar-refractivity contribution in [3.05, 3.63) is 61.9 Å². The molecule has 3 aromatic rings. The van der Waals surface area contributed by atoms with Gasteiger partial charge in [-0.15, -0.1) is 0 Å². The molecule has 0 aliphatic heterocycles. The van der Waals surface area contributed by atoms with Gasteiger partial charge in [-0.25, -0.2) is 9.78 Å². The van der Waals surface area contributed by atoms with E-state index in [4.69, 9.17) is 9.47 Å². The first-order valence-electron chi connectivity index (χ1n) is 8.80. The SMILES string of the molecule is COc1ccc([C@H]2CC(=O)c3cnc4c(c3C2)c(=O)[nH]c(=O)n4C)cc1OC. The van der Waals surface area contributed by atoms with E-state index in [-0.39, 0.29) is 22.7 Å². The molecular weight excluding hydrogens is 362 g/mol. The molecule has 1 aromatic carbocycles. The quantitative estimate of drug-likeness (QED) is 0.738. The first-order valence-corrected chi connectivity index (χ1v) is 8.80. The molecule has 8 nitrogen and oxygen atoms in total. The third-order valence-electron chi connectivity index (χ3n) is 5.30. The second-order valence-electron chi connectivity index (χ2n) is 6.81. The van der Waals surface area contributed by atoms with E-state index in [2.05, 4.69) is 9.97 Å². The Kier molecular flexibility index (Phi) is 4.26. The molecule has 8 heteroatoms. The van der Waals surface area contributed by atoms with Gasteiger partial charge in [-0.3, -0.25) is 19.1 Å². The lowest BCUT2D eigenvalue weighted by molar-refractivity contribution is 0.0964. The highest BCUT2D eigenvalue weighted by Crippen LogP contribution is 2.38. The number of nitrogens with one attached hydrogen (secondary N) is 1. The molecule has 0 spiro atoms. The van der Waals surface area contributed by atoms with Crippen LogP contribution in [0.25, 0.3) is 11.0 Å². The van der Waals surface area contributed by atoms with Crippen LogP contribution in [0.4, 0.5) is 0 Å². The lowest BCUT2D eigenvalue weighted by Gasteiger charge is -2.25. The summed E-state index contributed by atoms with van der Waals surface area (Å²) in [5.41, 5.74) is 1.19. The largest absolute Gasteiger partial charge is 0.493 e. The molecule has 1 N–H and O–H groups in total. The van der Waals surface area contributed by atoms with Gasteiger partial charge >= 0.3 is 5.69 Å². The molecule has 1 atom stereocenters. The monoisotopic (exact) mass is 381 g/mol. The van der Waals surface area contributed by atoms with Crippen LogP contribution in [0.1, 0.15) is 33.8 Å². The Balaban J connectivity index is 1.88. The van der Waals surface area contributed by atoms with Crippen molar-refractivity contribution in [2.45, 2.75) is 18.8 Å². The Morgan fingerprint density at radius 1 is 1.11 bits per heavy atom. The lowest BCUT2D eigenvalue weighted by Crippen LogP contribution is -2.31. The van der Waals surface area contributed by atoms with Crippen LogP contribution in [0, 0.1) is 0 Å². The first-order chi connectivity index (χ1) is 13.4. The molecule has 0 saturated carbocycles. The highest BCUT2D eigenvalue weighted by Gasteiger charge is 2.30. The summed E-state index contributed by atoms with van der Waals surface area (Å²) in [6, 6.07) is 5.55. The van der Waals surface area contributed by atoms with Crippen LogP contribution >= 0.6 is 0 Å². The van der Waals surface area contributed by atoms with Crippen LogP contribution in [0.15, 0.2) is 34.0 Å². The molecule has 1 aliphatic rings. The number of rotatable bonds is 3. The maximum atomic E-state index is 12.8. The third-order valence-corrected chi connectivity index (χ3v) is 5.30. The zero-order valence-corrected chi connectivity index (χ0v) is 15.7. The normalized spacial score (nSPS) is 16.1. The summed E-state index contributed by atoms with van der Waals surface area (Å²) in [5, 5.41) is 0.290. The molecule has 0 unspecified atom stereocenters. The predicted molar refractivity (Wildman–Crippen MR) is 103 cm³/mol. The molecule has 0 radical (unpaired) electrons. The van der Waals surface area contributed by atoms with Crippen LogP contribution in [0.3, 0.4) is 0 Å². The second-order valence-corrected chi connectivity index (χ2v) is 6.81. The van der Waals surface area contributed by atoms with E-state index in [1.54, 1.807) is 20.3 Å². The van der Waals surface area contributed by atoms with Crippen molar-refractivity contribution in [3.63, 3.8) is 0 Å². The van der Waals surface area contributed by atoms with Gasteiger partial charge in [-0.05, 0) is 35.6 Å². The van der Waals surface area contributed by atoms with E-state index in [9.17, 15) is 14.4 Å². The molecule has 28 heavy (non-hydrogen) atoms. The Morgan fingerprint density at radius 3 is 2.57 bits per heavy atom. The van der Waals surface area contributed by atoms with Crippen LogP contribution in [-0.2, 0) is 13.5 Å². The standard InChI is InChI=1S/C20H19N3O5/c1-23-18-17(19(25)22-20(23)26)12-6-11(7-14(24)13(12)9-21-18)10-4-5-15(27-2)16(8-10)28-3/h4-5,8-9,11H,6-7H2,1-3H3,(H,22,25,26)/t11-/m1/s1. The van der Waals surface area contributed by atoms with Crippen molar-refractivity contribution in [2.75, 3.05) is 14.2 Å². The van der Waals surface area contributed by atoms with Crippen molar-refractivity contribution in [2.24, 2.45) is 7.05 Å². The minimum Gasteiger partial charge on any atom is -0.493 e. The second kappa shape index (κ2) is 6.63. The number of carbonyl (C=O) groups is 1. The Labute approximate surface area is 159 Å². The molecule has 0 saturated heterocycles. The number of Topliss-reactive ketones (excluding diaryl/α,β-unsaturated/α-hetero) is 1. The average Bonchev–Trinajstić information content (AvgIpc) is 2.70. The van der Waals surface area contributed by atoms with Gasteiger partial charge in [0.2, 0.25) is 0 Å². The summed E-state index contributed by atoms with van der Waals surface area (Å²) in [6.07, 6.45) is 2.25. The van der Waals surface area contributed by atoms with Gasteiger partial charge in [0, 0.05) is 25.2 Å². The maximum absolute atomic E-state index is 12.8. The molecule has 2 aromatic heterocycles. The zero-order chi connectivity index (χ0) is 20.0. The fraction of sp³-hybridized carbons (Fsp3) is 0.300. The van der Waals surface area contributed by atoms with Gasteiger partial charge in [-0.1, -0.05) is 6.07 Å². The smallest absolute Gasteiger partial charge is 0.329 e. The minimum absolute atomic E-state index is 0.0799. The van der Waals surface area contributed by atoms with E-state index in [1.807, 2.05) is 12.1 Å². The number of methoxy groups -OCH3 is 2. The number of fused-ring (bicyclic) bond motifs is 3. The number of aromatic nitrogens is 3. The van der Waals surface area contributed by atoms with Crippen LogP contribution in [0.5, 0.6) is 11.5 Å². The Bertz CT molecular complexity index is 1220. The molecule has 1 aliphatic carbocycles. The summed E-state index contributed by atoms with van der Waals surface area (Å²) in [7, 11) is 4.66. The molecule has 144 valence electrons. The lowest BCUT2D eigenvalue weighted by atomic mass is 9.79. The summed E-state index contributed by atoms with van der Waals surface area (Å²) in [4.78, 5) is 43.7. The van der Waals surface area contributed by atoms with Crippen molar-refractivity contribution < 1.29 is 14.3 Å². The molecule has 0 bridgehead atoms. The van der Waals surface area contributed by atoms with Crippen molar-refractivity contribution in [1.82, 2.24) is 14.5 Å². The number of aryl methyl sites for hydroxylation is 1. The fourth-order valence-electron chi connectivity index (χ4n) is 3.82. The number of hydrogen-bond donors (Lipinski definition) is 1. The number of aromatic amines is 1. The molecule has 2 heterocycles. The number of carbonyl (C=O) groups excluding carboxylic acids is 1. The fourth-order valence-corrected chi connectivity index (χ4v) is 3.82. The van der Waals surface area contributed by atoms with Gasteiger partial charge in [-0.2, -0.15) is 0 Å². The number of ether oxygens (including phenoxy) is 2. The summed E-state index contributed by atoms with van der Waals surface area (Å²) in [6.45, 7) is 0. The van der Waals surface area contributed by atoms with Gasteiger partial charge in [0.15, 0.2) is 17.3 Å². The molecular formula is C20H19N3O5. The van der Waals surface area contributed by atoms with Crippen molar-refractivity contribution in [1.29, 1.82) is 0 Å². The highest BCUT2D eigenvalue weighted by atomic mass is 16.5. The topological polar surface area (TPSA) is 103 Å². The van der Waals surface area contributed by atoms with Gasteiger partial charge in [0.1, 0.15) is 5.65 Å². The molecule has 0 fully saturated rings. The highest BCUT2D eigenvalue weighted by molar-refractivity contribution is 6.02. The number of H-pyrrole nitrogens is 1. The van der Waals surface area contributed by atoms with Gasteiger partial charge in [0.25, 0.3) is 5.56 Å². The van der Waals surface area contributed by atoms with Gasteiger partial charge in [0.05, 0.1) is 19.6 Å². The zero-order valence-electron chi connectivity index (χ0n) is 15.7. The number of ketones is 1. The van der Waals surface area contributed by atoms with Gasteiger partial charge < -0.3 is 9.47 Å². The Morgan fingerprint density at radius 2 is 1.86 bits per heavy atom. The van der Waals surface area contributed by atoms with E-state index >= 15 is 0 Å². The number of hydrogen-bond acceptors (Lipinski definition) is 6. The summed E-state index contributed by atoms with van der Waals surface area (Å²) < 4.78 is 11.9. The Hall–Kier alpha value is -3.42.